The Balaban J connectivity index is 2.38. The zero-order valence-corrected chi connectivity index (χ0v) is 7.45. The predicted octanol–water partition coefficient (Wildman–Crippen LogP) is 1.03. The monoisotopic (exact) mass is 165 g/mol. The molecule has 0 spiro atoms. The fraction of sp³-hybridized carbons (Fsp3) is 0.667. The molecule has 0 radical (unpaired) electrons. The van der Waals surface area contributed by atoms with E-state index in [-0.39, 0.29) is 0 Å². The van der Waals surface area contributed by atoms with Crippen LogP contribution in [0.4, 0.5) is 0 Å². The summed E-state index contributed by atoms with van der Waals surface area (Å²) in [6.07, 6.45) is 4.39. The molecular weight excluding hydrogens is 150 g/mol. The van der Waals surface area contributed by atoms with Crippen molar-refractivity contribution in [2.45, 2.75) is 32.2 Å². The van der Waals surface area contributed by atoms with Crippen molar-refractivity contribution in [1.82, 2.24) is 9.55 Å². The minimum Gasteiger partial charge on any atom is -0.332 e. The lowest BCUT2D eigenvalue weighted by molar-refractivity contribution is 0.443. The third-order valence-electron chi connectivity index (χ3n) is 2.67. The summed E-state index contributed by atoms with van der Waals surface area (Å²) < 4.78 is 2.29. The van der Waals surface area contributed by atoms with Crippen molar-refractivity contribution in [3.8, 4) is 0 Å². The van der Waals surface area contributed by atoms with E-state index in [0.29, 0.717) is 5.92 Å². The Hall–Kier alpha value is -0.830. The summed E-state index contributed by atoms with van der Waals surface area (Å²) in [6.45, 7) is 3.96. The van der Waals surface area contributed by atoms with Crippen molar-refractivity contribution < 1.29 is 0 Å². The van der Waals surface area contributed by atoms with Crippen LogP contribution in [0, 0.1) is 6.92 Å². The van der Waals surface area contributed by atoms with Gasteiger partial charge in [0.1, 0.15) is 5.82 Å². The largest absolute Gasteiger partial charge is 0.332 e. The lowest BCUT2D eigenvalue weighted by Crippen LogP contribution is -2.22. The van der Waals surface area contributed by atoms with E-state index < -0.39 is 0 Å². The van der Waals surface area contributed by atoms with Gasteiger partial charge in [0, 0.05) is 30.9 Å². The Morgan fingerprint density at radius 3 is 3.33 bits per heavy atom. The molecule has 1 atom stereocenters. The maximum atomic E-state index is 5.67. The van der Waals surface area contributed by atoms with Crippen LogP contribution in [0.25, 0.3) is 0 Å². The normalized spacial score (nSPS) is 22.3. The molecule has 12 heavy (non-hydrogen) atoms. The second-order valence-electron chi connectivity index (χ2n) is 3.48. The van der Waals surface area contributed by atoms with E-state index in [2.05, 4.69) is 16.5 Å². The van der Waals surface area contributed by atoms with Gasteiger partial charge in [0.25, 0.3) is 0 Å². The van der Waals surface area contributed by atoms with Crippen LogP contribution in [0.3, 0.4) is 0 Å². The number of aryl methyl sites for hydroxylation is 1. The number of rotatable bonds is 1. The summed E-state index contributed by atoms with van der Waals surface area (Å²) in [4.78, 5) is 4.39. The van der Waals surface area contributed by atoms with Gasteiger partial charge < -0.3 is 10.3 Å². The average Bonchev–Trinajstić information content (AvgIpc) is 2.48. The highest BCUT2D eigenvalue weighted by Gasteiger charge is 2.20. The van der Waals surface area contributed by atoms with E-state index >= 15 is 0 Å². The van der Waals surface area contributed by atoms with Crippen LogP contribution in [0.1, 0.15) is 30.3 Å². The summed E-state index contributed by atoms with van der Waals surface area (Å²) in [7, 11) is 0. The minimum absolute atomic E-state index is 0.493. The molecule has 0 fully saturated rings. The van der Waals surface area contributed by atoms with Gasteiger partial charge in [-0.3, -0.25) is 0 Å². The van der Waals surface area contributed by atoms with Crippen molar-refractivity contribution in [1.29, 1.82) is 0 Å². The first-order valence-electron chi connectivity index (χ1n) is 4.55. The Labute approximate surface area is 72.6 Å². The second kappa shape index (κ2) is 2.90. The molecule has 1 aliphatic rings. The van der Waals surface area contributed by atoms with Gasteiger partial charge in [0.05, 0.1) is 0 Å². The number of imidazole rings is 1. The van der Waals surface area contributed by atoms with Crippen LogP contribution >= 0.6 is 0 Å². The minimum atomic E-state index is 0.493. The molecular formula is C9H15N3. The summed E-state index contributed by atoms with van der Waals surface area (Å²) in [5, 5.41) is 0. The van der Waals surface area contributed by atoms with Crippen LogP contribution in [0.5, 0.6) is 0 Å². The van der Waals surface area contributed by atoms with Crippen LogP contribution in [-0.4, -0.2) is 16.1 Å². The zero-order chi connectivity index (χ0) is 8.55. The molecule has 2 N–H and O–H groups in total. The first kappa shape index (κ1) is 7.80. The number of hydrogen-bond donors (Lipinski definition) is 1. The SMILES string of the molecule is Cc1cnc2n1CCCC2CN. The van der Waals surface area contributed by atoms with Gasteiger partial charge in [-0.2, -0.15) is 0 Å². The Bertz CT molecular complexity index is 277. The van der Waals surface area contributed by atoms with Crippen molar-refractivity contribution in [2.24, 2.45) is 5.73 Å². The Kier molecular flexibility index (Phi) is 1.89. The lowest BCUT2D eigenvalue weighted by Gasteiger charge is -2.22. The molecule has 2 heterocycles. The van der Waals surface area contributed by atoms with E-state index in [9.17, 15) is 0 Å². The molecule has 1 aromatic rings. The highest BCUT2D eigenvalue weighted by atomic mass is 15.1. The van der Waals surface area contributed by atoms with Crippen LogP contribution < -0.4 is 5.73 Å². The second-order valence-corrected chi connectivity index (χ2v) is 3.48. The lowest BCUT2D eigenvalue weighted by atomic mass is 9.99. The third kappa shape index (κ3) is 1.05. The van der Waals surface area contributed by atoms with Gasteiger partial charge in [0.15, 0.2) is 0 Å². The standard InChI is InChI=1S/C9H15N3/c1-7-6-11-9-8(5-10)3-2-4-12(7)9/h6,8H,2-5,10H2,1H3. The van der Waals surface area contributed by atoms with Crippen molar-refractivity contribution >= 4 is 0 Å². The quantitative estimate of drug-likeness (QED) is 0.675. The van der Waals surface area contributed by atoms with E-state index in [0.717, 1.165) is 13.1 Å². The summed E-state index contributed by atoms with van der Waals surface area (Å²) >= 11 is 0. The van der Waals surface area contributed by atoms with Gasteiger partial charge in [0.2, 0.25) is 0 Å². The number of nitrogens with zero attached hydrogens (tertiary/aromatic N) is 2. The molecule has 1 unspecified atom stereocenters. The summed E-state index contributed by atoms with van der Waals surface area (Å²) in [6, 6.07) is 0. The van der Waals surface area contributed by atoms with E-state index in [4.69, 9.17) is 5.73 Å². The van der Waals surface area contributed by atoms with Gasteiger partial charge in [-0.15, -0.1) is 0 Å². The smallest absolute Gasteiger partial charge is 0.113 e. The molecule has 0 aromatic carbocycles. The maximum absolute atomic E-state index is 5.67. The molecule has 66 valence electrons. The number of fused-ring (bicyclic) bond motifs is 1. The van der Waals surface area contributed by atoms with Crippen LogP contribution in [-0.2, 0) is 6.54 Å². The van der Waals surface area contributed by atoms with Crippen LogP contribution in [0.15, 0.2) is 6.20 Å². The fourth-order valence-corrected chi connectivity index (χ4v) is 1.94. The topological polar surface area (TPSA) is 43.8 Å². The predicted molar refractivity (Wildman–Crippen MR) is 48.0 cm³/mol. The number of nitrogens with two attached hydrogens (primary N) is 1. The van der Waals surface area contributed by atoms with E-state index in [1.807, 2.05) is 6.20 Å². The van der Waals surface area contributed by atoms with Gasteiger partial charge >= 0.3 is 0 Å². The number of aromatic nitrogens is 2. The van der Waals surface area contributed by atoms with Crippen molar-refractivity contribution in [2.75, 3.05) is 6.54 Å². The first-order valence-corrected chi connectivity index (χ1v) is 4.55. The molecule has 0 aliphatic carbocycles. The van der Waals surface area contributed by atoms with Crippen molar-refractivity contribution in [3.05, 3.63) is 17.7 Å². The zero-order valence-electron chi connectivity index (χ0n) is 7.45. The molecule has 0 bridgehead atoms. The molecule has 0 amide bonds. The molecule has 0 saturated heterocycles. The molecule has 0 saturated carbocycles. The third-order valence-corrected chi connectivity index (χ3v) is 2.67. The Morgan fingerprint density at radius 1 is 1.75 bits per heavy atom. The first-order chi connectivity index (χ1) is 5.83. The molecule has 1 aliphatic heterocycles. The summed E-state index contributed by atoms with van der Waals surface area (Å²) in [5.74, 6) is 1.69. The highest BCUT2D eigenvalue weighted by molar-refractivity contribution is 5.10. The Morgan fingerprint density at radius 2 is 2.58 bits per heavy atom. The van der Waals surface area contributed by atoms with E-state index in [1.54, 1.807) is 0 Å². The maximum Gasteiger partial charge on any atom is 0.113 e. The average molecular weight is 165 g/mol. The van der Waals surface area contributed by atoms with Gasteiger partial charge in [-0.25, -0.2) is 4.98 Å². The van der Waals surface area contributed by atoms with Crippen LogP contribution in [0.2, 0.25) is 0 Å². The van der Waals surface area contributed by atoms with Gasteiger partial charge in [-0.05, 0) is 19.8 Å². The molecule has 1 aromatic heterocycles. The molecule has 3 nitrogen and oxygen atoms in total. The molecule has 2 rings (SSSR count). The molecule has 3 heteroatoms. The van der Waals surface area contributed by atoms with Crippen molar-refractivity contribution in [3.63, 3.8) is 0 Å². The fourth-order valence-electron chi connectivity index (χ4n) is 1.94. The number of hydrogen-bond acceptors (Lipinski definition) is 2. The van der Waals surface area contributed by atoms with Gasteiger partial charge in [-0.1, -0.05) is 0 Å². The highest BCUT2D eigenvalue weighted by Crippen LogP contribution is 2.25. The van der Waals surface area contributed by atoms with E-state index in [1.165, 1.54) is 24.4 Å². The summed E-state index contributed by atoms with van der Waals surface area (Å²) in [5.41, 5.74) is 6.94.